The van der Waals surface area contributed by atoms with Crippen LogP contribution in [0.2, 0.25) is 0 Å². The number of furan rings is 1. The summed E-state index contributed by atoms with van der Waals surface area (Å²) in [6.45, 7) is 3.69. The van der Waals surface area contributed by atoms with Crippen LogP contribution in [0.3, 0.4) is 0 Å². The summed E-state index contributed by atoms with van der Waals surface area (Å²) in [4.78, 5) is 14.3. The summed E-state index contributed by atoms with van der Waals surface area (Å²) in [6, 6.07) is 10.1. The van der Waals surface area contributed by atoms with Gasteiger partial charge in [-0.05, 0) is 79.6 Å². The molecule has 2 heterocycles. The largest absolute Gasteiger partial charge is 0.464 e. The number of hydrogen-bond donors (Lipinski definition) is 0. The van der Waals surface area contributed by atoms with Gasteiger partial charge in [-0.25, -0.2) is 4.79 Å². The van der Waals surface area contributed by atoms with E-state index >= 15 is 0 Å². The van der Waals surface area contributed by atoms with E-state index in [1.807, 2.05) is 0 Å². The Labute approximate surface area is 158 Å². The standard InChI is InChI=1S/C23H25NO3/c1-14-8-19(14)21-7-6-18(26-21)13-24(2)12-17-11-23(25)27-22-10-16-5-3-4-15(16)9-20(17)22/h6-7,9-11,14,19H,3-5,8,12-13H2,1-2H3/t14-,19-/m1/s1. The van der Waals surface area contributed by atoms with Gasteiger partial charge in [0.2, 0.25) is 0 Å². The lowest BCUT2D eigenvalue weighted by Crippen LogP contribution is -2.18. The quantitative estimate of drug-likeness (QED) is 0.620. The fourth-order valence-electron chi connectivity index (χ4n) is 4.44. The first kappa shape index (κ1) is 16.8. The fourth-order valence-corrected chi connectivity index (χ4v) is 4.44. The molecule has 0 saturated heterocycles. The molecule has 2 aromatic heterocycles. The molecule has 0 radical (unpaired) electrons. The van der Waals surface area contributed by atoms with Crippen molar-refractivity contribution in [1.82, 2.24) is 4.90 Å². The molecule has 2 atom stereocenters. The first-order valence-corrected chi connectivity index (χ1v) is 9.92. The number of benzene rings is 1. The van der Waals surface area contributed by atoms with Crippen LogP contribution in [0.5, 0.6) is 0 Å². The Kier molecular flexibility index (Phi) is 3.97. The molecule has 140 valence electrons. The van der Waals surface area contributed by atoms with Crippen LogP contribution in [0.15, 0.2) is 44.0 Å². The zero-order chi connectivity index (χ0) is 18.5. The highest BCUT2D eigenvalue weighted by molar-refractivity contribution is 5.82. The lowest BCUT2D eigenvalue weighted by atomic mass is 10.0. The third-order valence-corrected chi connectivity index (χ3v) is 6.07. The van der Waals surface area contributed by atoms with Gasteiger partial charge >= 0.3 is 5.63 Å². The highest BCUT2D eigenvalue weighted by Gasteiger charge is 2.36. The third kappa shape index (κ3) is 3.23. The summed E-state index contributed by atoms with van der Waals surface area (Å²) in [6.07, 6.45) is 4.62. The fraction of sp³-hybridized carbons (Fsp3) is 0.435. The molecule has 4 nitrogen and oxygen atoms in total. The van der Waals surface area contributed by atoms with Crippen molar-refractivity contribution in [2.75, 3.05) is 7.05 Å². The van der Waals surface area contributed by atoms with Gasteiger partial charge in [0.1, 0.15) is 17.1 Å². The molecule has 2 aliphatic carbocycles. The van der Waals surface area contributed by atoms with Crippen LogP contribution >= 0.6 is 0 Å². The van der Waals surface area contributed by atoms with Crippen molar-refractivity contribution in [2.24, 2.45) is 5.92 Å². The van der Waals surface area contributed by atoms with Crippen molar-refractivity contribution in [2.45, 2.75) is 51.6 Å². The Hall–Kier alpha value is -2.33. The molecule has 0 spiro atoms. The Morgan fingerprint density at radius 3 is 2.63 bits per heavy atom. The number of fused-ring (bicyclic) bond motifs is 2. The monoisotopic (exact) mass is 363 g/mol. The van der Waals surface area contributed by atoms with Crippen LogP contribution in [-0.4, -0.2) is 11.9 Å². The average molecular weight is 363 g/mol. The first-order chi connectivity index (χ1) is 13.1. The minimum atomic E-state index is -0.271. The summed E-state index contributed by atoms with van der Waals surface area (Å²) in [5.41, 5.74) is 4.20. The molecule has 5 rings (SSSR count). The highest BCUT2D eigenvalue weighted by Crippen LogP contribution is 2.47. The summed E-state index contributed by atoms with van der Waals surface area (Å²) in [5.74, 6) is 3.46. The summed E-state index contributed by atoms with van der Waals surface area (Å²) >= 11 is 0. The molecule has 0 bridgehead atoms. The zero-order valence-electron chi connectivity index (χ0n) is 16.0. The van der Waals surface area contributed by atoms with Crippen LogP contribution in [-0.2, 0) is 25.9 Å². The lowest BCUT2D eigenvalue weighted by molar-refractivity contribution is 0.283. The molecular formula is C23H25NO3. The van der Waals surface area contributed by atoms with Crippen LogP contribution in [0.25, 0.3) is 11.0 Å². The molecule has 27 heavy (non-hydrogen) atoms. The Bertz CT molecular complexity index is 1060. The van der Waals surface area contributed by atoms with Gasteiger partial charge in [-0.1, -0.05) is 6.92 Å². The van der Waals surface area contributed by atoms with Crippen molar-refractivity contribution in [3.05, 3.63) is 69.0 Å². The lowest BCUT2D eigenvalue weighted by Gasteiger charge is -2.16. The van der Waals surface area contributed by atoms with E-state index < -0.39 is 0 Å². The molecule has 1 aromatic carbocycles. The second-order valence-corrected chi connectivity index (χ2v) is 8.36. The van der Waals surface area contributed by atoms with E-state index in [-0.39, 0.29) is 5.63 Å². The van der Waals surface area contributed by atoms with Crippen LogP contribution < -0.4 is 5.63 Å². The van der Waals surface area contributed by atoms with Gasteiger partial charge in [-0.3, -0.25) is 4.90 Å². The van der Waals surface area contributed by atoms with Gasteiger partial charge in [-0.2, -0.15) is 0 Å². The maximum atomic E-state index is 12.1. The van der Waals surface area contributed by atoms with Crippen molar-refractivity contribution < 1.29 is 8.83 Å². The van der Waals surface area contributed by atoms with E-state index in [4.69, 9.17) is 8.83 Å². The van der Waals surface area contributed by atoms with Gasteiger partial charge < -0.3 is 8.83 Å². The molecule has 0 aliphatic heterocycles. The van der Waals surface area contributed by atoms with E-state index in [9.17, 15) is 4.79 Å². The molecule has 4 heteroatoms. The Morgan fingerprint density at radius 1 is 1.07 bits per heavy atom. The third-order valence-electron chi connectivity index (χ3n) is 6.07. The molecule has 1 fully saturated rings. The van der Waals surface area contributed by atoms with Crippen LogP contribution in [0, 0.1) is 5.92 Å². The van der Waals surface area contributed by atoms with Crippen molar-refractivity contribution >= 4 is 11.0 Å². The smallest absolute Gasteiger partial charge is 0.336 e. The SMILES string of the molecule is C[C@@H]1C[C@H]1c1ccc(CN(C)Cc2cc(=O)oc3cc4c(cc23)CCC4)o1. The first-order valence-electron chi connectivity index (χ1n) is 9.92. The zero-order valence-corrected chi connectivity index (χ0v) is 16.0. The summed E-state index contributed by atoms with van der Waals surface area (Å²) in [5, 5.41) is 1.06. The number of hydrogen-bond acceptors (Lipinski definition) is 4. The van der Waals surface area contributed by atoms with Crippen molar-refractivity contribution in [3.8, 4) is 0 Å². The predicted molar refractivity (Wildman–Crippen MR) is 105 cm³/mol. The Balaban J connectivity index is 1.38. The molecule has 3 aromatic rings. The normalized spacial score (nSPS) is 21.1. The summed E-state index contributed by atoms with van der Waals surface area (Å²) in [7, 11) is 2.07. The maximum Gasteiger partial charge on any atom is 0.336 e. The van der Waals surface area contributed by atoms with Crippen LogP contribution in [0.1, 0.15) is 53.9 Å². The average Bonchev–Trinajstić information content (AvgIpc) is 3.01. The molecule has 0 unspecified atom stereocenters. The van der Waals surface area contributed by atoms with Gasteiger partial charge in [0.15, 0.2) is 0 Å². The van der Waals surface area contributed by atoms with E-state index in [0.29, 0.717) is 12.5 Å². The van der Waals surface area contributed by atoms with Gasteiger partial charge in [0.25, 0.3) is 0 Å². The molecule has 2 aliphatic rings. The van der Waals surface area contributed by atoms with Gasteiger partial charge in [-0.15, -0.1) is 0 Å². The minimum Gasteiger partial charge on any atom is -0.464 e. The maximum absolute atomic E-state index is 12.1. The minimum absolute atomic E-state index is 0.271. The van der Waals surface area contributed by atoms with E-state index in [0.717, 1.165) is 53.4 Å². The molecular weight excluding hydrogens is 338 g/mol. The highest BCUT2D eigenvalue weighted by atomic mass is 16.4. The van der Waals surface area contributed by atoms with Gasteiger partial charge in [0.05, 0.1) is 6.54 Å². The number of nitrogens with zero attached hydrogens (tertiary/aromatic N) is 1. The summed E-state index contributed by atoms with van der Waals surface area (Å²) < 4.78 is 11.5. The number of rotatable bonds is 5. The van der Waals surface area contributed by atoms with Gasteiger partial charge in [0, 0.05) is 23.9 Å². The second kappa shape index (κ2) is 6.38. The molecule has 1 saturated carbocycles. The Morgan fingerprint density at radius 2 is 1.85 bits per heavy atom. The second-order valence-electron chi connectivity index (χ2n) is 8.36. The van der Waals surface area contributed by atoms with Crippen LogP contribution in [0.4, 0.5) is 0 Å². The number of aryl methyl sites for hydroxylation is 2. The van der Waals surface area contributed by atoms with E-state index in [1.54, 1.807) is 6.07 Å². The predicted octanol–water partition coefficient (Wildman–Crippen LogP) is 4.63. The van der Waals surface area contributed by atoms with E-state index in [1.165, 1.54) is 24.0 Å². The molecule has 0 N–H and O–H groups in total. The van der Waals surface area contributed by atoms with E-state index in [2.05, 4.69) is 43.1 Å². The van der Waals surface area contributed by atoms with Crippen molar-refractivity contribution in [1.29, 1.82) is 0 Å². The molecule has 0 amide bonds. The topological polar surface area (TPSA) is 46.6 Å². The van der Waals surface area contributed by atoms with Crippen molar-refractivity contribution in [3.63, 3.8) is 0 Å².